The molecule has 0 aromatic rings. The van der Waals surface area contributed by atoms with Crippen LogP contribution in [0, 0.1) is 0 Å². The number of rotatable bonds is 4. The van der Waals surface area contributed by atoms with E-state index in [1.165, 1.54) is 0 Å². The molecule has 4 N–H and O–H groups in total. The van der Waals surface area contributed by atoms with E-state index in [-0.39, 0.29) is 0 Å². The van der Waals surface area contributed by atoms with Gasteiger partial charge in [0.05, 0.1) is 13.2 Å². The lowest BCUT2D eigenvalue weighted by atomic mass is 10.1. The lowest BCUT2D eigenvalue weighted by Crippen LogP contribution is -2.36. The van der Waals surface area contributed by atoms with Crippen LogP contribution in [0.3, 0.4) is 0 Å². The van der Waals surface area contributed by atoms with E-state index >= 15 is 0 Å². The van der Waals surface area contributed by atoms with Crippen molar-refractivity contribution < 1.29 is 25.2 Å². The summed E-state index contributed by atoms with van der Waals surface area (Å²) in [6.07, 6.45) is -3.19. The van der Waals surface area contributed by atoms with E-state index in [9.17, 15) is 4.79 Å². The van der Waals surface area contributed by atoms with Gasteiger partial charge in [-0.1, -0.05) is 0 Å². The number of carbonyl (C=O) groups is 1. The first-order chi connectivity index (χ1) is 4.63. The van der Waals surface area contributed by atoms with Crippen LogP contribution >= 0.6 is 0 Å². The lowest BCUT2D eigenvalue weighted by molar-refractivity contribution is -0.139. The lowest BCUT2D eigenvalue weighted by Gasteiger charge is -2.08. The van der Waals surface area contributed by atoms with Crippen LogP contribution in [0.5, 0.6) is 0 Å². The molecule has 0 heterocycles. The first-order valence-electron chi connectivity index (χ1n) is 2.75. The number of hydrogen-bond acceptors (Lipinski definition) is 5. The first-order valence-corrected chi connectivity index (χ1v) is 2.75. The third-order valence-corrected chi connectivity index (χ3v) is 1.00. The van der Waals surface area contributed by atoms with Crippen molar-refractivity contribution in [3.05, 3.63) is 0 Å². The molecule has 0 spiro atoms. The van der Waals surface area contributed by atoms with Crippen molar-refractivity contribution >= 4 is 5.78 Å². The zero-order valence-corrected chi connectivity index (χ0v) is 5.27. The van der Waals surface area contributed by atoms with Gasteiger partial charge in [-0.05, 0) is 0 Å². The van der Waals surface area contributed by atoms with Gasteiger partial charge in [0.2, 0.25) is 0 Å². The summed E-state index contributed by atoms with van der Waals surface area (Å²) in [5.74, 6) is -0.968. The maximum absolute atomic E-state index is 10.5. The van der Waals surface area contributed by atoms with Crippen molar-refractivity contribution in [1.29, 1.82) is 0 Å². The fraction of sp³-hybridized carbons (Fsp3) is 0.800. The smallest absolute Gasteiger partial charge is 0.194 e. The van der Waals surface area contributed by atoms with E-state index < -0.39 is 31.2 Å². The molecule has 2 atom stereocenters. The van der Waals surface area contributed by atoms with Gasteiger partial charge in [0.25, 0.3) is 0 Å². The minimum absolute atomic E-state index is 0.740. The number of Topliss-reactive ketones (excluding diaryl/α,β-unsaturated/α-hetero) is 1. The van der Waals surface area contributed by atoms with Gasteiger partial charge in [0.1, 0.15) is 12.2 Å². The van der Waals surface area contributed by atoms with Crippen LogP contribution in [0.15, 0.2) is 0 Å². The van der Waals surface area contributed by atoms with Crippen molar-refractivity contribution in [2.75, 3.05) is 13.2 Å². The summed E-state index contributed by atoms with van der Waals surface area (Å²) < 4.78 is 0. The summed E-state index contributed by atoms with van der Waals surface area (Å²) >= 11 is 0. The topological polar surface area (TPSA) is 98.0 Å². The summed E-state index contributed by atoms with van der Waals surface area (Å²) in [6.45, 7) is -1.48. The molecule has 0 saturated heterocycles. The predicted octanol–water partition coefficient (Wildman–Crippen LogP) is -2.74. The van der Waals surface area contributed by atoms with Crippen molar-refractivity contribution in [2.45, 2.75) is 12.2 Å². The van der Waals surface area contributed by atoms with Gasteiger partial charge in [-0.2, -0.15) is 0 Å². The number of aliphatic hydroxyl groups is 4. The Morgan fingerprint density at radius 2 is 1.40 bits per heavy atom. The Labute approximate surface area is 57.5 Å². The number of carbonyl (C=O) groups excluding carboxylic acids is 1. The zero-order chi connectivity index (χ0) is 8.15. The number of hydrogen-bond donors (Lipinski definition) is 4. The highest BCUT2D eigenvalue weighted by Gasteiger charge is 2.21. The van der Waals surface area contributed by atoms with Gasteiger partial charge in [0.15, 0.2) is 5.78 Å². The fourth-order valence-corrected chi connectivity index (χ4v) is 0.402. The molecule has 0 amide bonds. The molecule has 60 valence electrons. The Bertz CT molecular complexity index is 101. The van der Waals surface area contributed by atoms with Crippen molar-refractivity contribution in [1.82, 2.24) is 0 Å². The maximum atomic E-state index is 10.5. The molecule has 0 fully saturated rings. The van der Waals surface area contributed by atoms with E-state index in [1.807, 2.05) is 0 Å². The summed E-state index contributed by atoms with van der Waals surface area (Å²) in [5.41, 5.74) is 0. The van der Waals surface area contributed by atoms with Gasteiger partial charge in [-0.3, -0.25) is 4.79 Å². The molecule has 0 unspecified atom stereocenters. The SMILES string of the molecule is O=C([C@@H](O)CO)[C@@H](O)CO. The highest BCUT2D eigenvalue weighted by atomic mass is 16.3. The molecule has 5 heteroatoms. The Balaban J connectivity index is 3.82. The van der Waals surface area contributed by atoms with Gasteiger partial charge >= 0.3 is 0 Å². The number of ketones is 1. The van der Waals surface area contributed by atoms with Crippen molar-refractivity contribution in [3.63, 3.8) is 0 Å². The van der Waals surface area contributed by atoms with Crippen LogP contribution in [0.4, 0.5) is 0 Å². The van der Waals surface area contributed by atoms with Crippen LogP contribution in [0.2, 0.25) is 0 Å². The molecular formula is C5H10O5. The fourth-order valence-electron chi connectivity index (χ4n) is 0.402. The molecule has 0 aliphatic rings. The quantitative estimate of drug-likeness (QED) is 0.348. The Hall–Kier alpha value is -0.490. The second-order valence-corrected chi connectivity index (χ2v) is 1.80. The van der Waals surface area contributed by atoms with Gasteiger partial charge in [0, 0.05) is 0 Å². The van der Waals surface area contributed by atoms with Crippen molar-refractivity contribution in [2.24, 2.45) is 0 Å². The summed E-state index contributed by atoms with van der Waals surface area (Å²) in [5, 5.41) is 33.5. The van der Waals surface area contributed by atoms with Crippen LogP contribution in [0.25, 0.3) is 0 Å². The normalized spacial score (nSPS) is 16.4. The van der Waals surface area contributed by atoms with Gasteiger partial charge in [-0.25, -0.2) is 0 Å². The minimum atomic E-state index is -1.60. The minimum Gasteiger partial charge on any atom is -0.393 e. The number of aliphatic hydroxyl groups excluding tert-OH is 4. The highest BCUT2D eigenvalue weighted by Crippen LogP contribution is 1.90. The summed E-state index contributed by atoms with van der Waals surface area (Å²) in [4.78, 5) is 10.5. The van der Waals surface area contributed by atoms with Gasteiger partial charge in [-0.15, -0.1) is 0 Å². The first kappa shape index (κ1) is 9.51. The molecule has 10 heavy (non-hydrogen) atoms. The molecule has 5 nitrogen and oxygen atoms in total. The van der Waals surface area contributed by atoms with E-state index in [0.717, 1.165) is 0 Å². The van der Waals surface area contributed by atoms with Crippen LogP contribution in [0.1, 0.15) is 0 Å². The maximum Gasteiger partial charge on any atom is 0.194 e. The summed E-state index contributed by atoms with van der Waals surface area (Å²) in [7, 11) is 0. The third kappa shape index (κ3) is 2.40. The second-order valence-electron chi connectivity index (χ2n) is 1.80. The molecule has 0 rings (SSSR count). The van der Waals surface area contributed by atoms with Crippen LogP contribution in [-0.2, 0) is 4.79 Å². The van der Waals surface area contributed by atoms with E-state index in [2.05, 4.69) is 0 Å². The Morgan fingerprint density at radius 3 is 1.60 bits per heavy atom. The van der Waals surface area contributed by atoms with Gasteiger partial charge < -0.3 is 20.4 Å². The average Bonchev–Trinajstić information content (AvgIpc) is 2.00. The molecule has 0 radical (unpaired) electrons. The third-order valence-electron chi connectivity index (χ3n) is 1.00. The molecule has 0 bridgehead atoms. The second kappa shape index (κ2) is 4.35. The average molecular weight is 150 g/mol. The summed E-state index contributed by atoms with van der Waals surface area (Å²) in [6, 6.07) is 0. The van der Waals surface area contributed by atoms with E-state index in [4.69, 9.17) is 20.4 Å². The highest BCUT2D eigenvalue weighted by molar-refractivity contribution is 5.87. The largest absolute Gasteiger partial charge is 0.393 e. The predicted molar refractivity (Wildman–Crippen MR) is 31.2 cm³/mol. The molecule has 0 aromatic carbocycles. The van der Waals surface area contributed by atoms with E-state index in [1.54, 1.807) is 0 Å². The van der Waals surface area contributed by atoms with E-state index in [0.29, 0.717) is 0 Å². The molecular weight excluding hydrogens is 140 g/mol. The molecule has 0 aromatic heterocycles. The Morgan fingerprint density at radius 1 is 1.10 bits per heavy atom. The molecule has 0 aliphatic carbocycles. The Kier molecular flexibility index (Phi) is 4.13. The van der Waals surface area contributed by atoms with Crippen molar-refractivity contribution in [3.8, 4) is 0 Å². The zero-order valence-electron chi connectivity index (χ0n) is 5.27. The van der Waals surface area contributed by atoms with Crippen LogP contribution in [-0.4, -0.2) is 51.6 Å². The molecule has 0 aliphatic heterocycles. The van der Waals surface area contributed by atoms with Crippen LogP contribution < -0.4 is 0 Å². The molecule has 0 saturated carbocycles. The standard InChI is InChI=1S/C5H10O5/c6-1-3(8)5(10)4(9)2-7/h3-4,6-9H,1-2H2/t3-,4-/m0/s1. The monoisotopic (exact) mass is 150 g/mol.